The molecule has 1 heterocycles. The number of nitrogens with two attached hydrogens (primary N) is 1. The van der Waals surface area contributed by atoms with Crippen molar-refractivity contribution in [3.05, 3.63) is 51.8 Å². The molecule has 2 N–H and O–H groups in total. The highest BCUT2D eigenvalue weighted by Crippen LogP contribution is 2.22. The van der Waals surface area contributed by atoms with Gasteiger partial charge in [-0.05, 0) is 56.4 Å². The zero-order chi connectivity index (χ0) is 14.2. The summed E-state index contributed by atoms with van der Waals surface area (Å²) in [5.41, 5.74) is 13.7. The predicted octanol–water partition coefficient (Wildman–Crippen LogP) is 2.90. The fourth-order valence-corrected chi connectivity index (χ4v) is 2.45. The van der Waals surface area contributed by atoms with Crippen molar-refractivity contribution in [1.82, 2.24) is 9.78 Å². The smallest absolute Gasteiger partial charge is 0.0629 e. The number of aromatic nitrogens is 2. The molecule has 1 aromatic carbocycles. The van der Waals surface area contributed by atoms with E-state index in [4.69, 9.17) is 5.73 Å². The summed E-state index contributed by atoms with van der Waals surface area (Å²) >= 11 is 0. The molecular formula is C16H23N3. The third-order valence-electron chi connectivity index (χ3n) is 4.04. The molecule has 0 aliphatic rings. The average Bonchev–Trinajstić information content (AvgIpc) is 2.59. The first-order valence-electron chi connectivity index (χ1n) is 6.72. The van der Waals surface area contributed by atoms with Crippen LogP contribution in [-0.2, 0) is 13.5 Å². The van der Waals surface area contributed by atoms with Crippen molar-refractivity contribution < 1.29 is 0 Å². The van der Waals surface area contributed by atoms with Crippen LogP contribution in [0, 0.1) is 27.7 Å². The Hall–Kier alpha value is -1.61. The molecule has 0 radical (unpaired) electrons. The Morgan fingerprint density at radius 1 is 1.16 bits per heavy atom. The minimum Gasteiger partial charge on any atom is -0.324 e. The molecule has 1 unspecified atom stereocenters. The van der Waals surface area contributed by atoms with Crippen LogP contribution < -0.4 is 5.73 Å². The second-order valence-corrected chi connectivity index (χ2v) is 5.43. The van der Waals surface area contributed by atoms with Crippen molar-refractivity contribution in [2.45, 2.75) is 40.2 Å². The van der Waals surface area contributed by atoms with Gasteiger partial charge in [-0.3, -0.25) is 4.68 Å². The second kappa shape index (κ2) is 5.17. The van der Waals surface area contributed by atoms with E-state index in [2.05, 4.69) is 51.0 Å². The number of benzene rings is 1. The first-order chi connectivity index (χ1) is 8.90. The van der Waals surface area contributed by atoms with Crippen LogP contribution in [0.1, 0.15) is 39.7 Å². The van der Waals surface area contributed by atoms with Gasteiger partial charge in [-0.15, -0.1) is 0 Å². The number of aryl methyl sites for hydroxylation is 4. The van der Waals surface area contributed by atoms with Crippen LogP contribution in [0.2, 0.25) is 0 Å². The number of rotatable bonds is 3. The molecule has 2 rings (SSSR count). The fraction of sp³-hybridized carbons (Fsp3) is 0.438. The third kappa shape index (κ3) is 2.71. The first kappa shape index (κ1) is 13.8. The largest absolute Gasteiger partial charge is 0.324 e. The third-order valence-corrected chi connectivity index (χ3v) is 4.04. The van der Waals surface area contributed by atoms with Gasteiger partial charge >= 0.3 is 0 Å². The summed E-state index contributed by atoms with van der Waals surface area (Å²) in [6.07, 6.45) is 0.841. The average molecular weight is 257 g/mol. The molecule has 0 amide bonds. The summed E-state index contributed by atoms with van der Waals surface area (Å²) in [4.78, 5) is 0. The Labute approximate surface area is 115 Å². The molecule has 0 aliphatic heterocycles. The van der Waals surface area contributed by atoms with Crippen LogP contribution in [0.15, 0.2) is 18.2 Å². The molecule has 0 fully saturated rings. The van der Waals surface area contributed by atoms with Gasteiger partial charge in [0.05, 0.1) is 5.69 Å². The lowest BCUT2D eigenvalue weighted by Crippen LogP contribution is -2.14. The highest BCUT2D eigenvalue weighted by atomic mass is 15.3. The Balaban J connectivity index is 2.25. The maximum absolute atomic E-state index is 6.36. The zero-order valence-corrected chi connectivity index (χ0v) is 12.5. The van der Waals surface area contributed by atoms with Gasteiger partial charge in [-0.2, -0.15) is 5.10 Å². The van der Waals surface area contributed by atoms with Crippen LogP contribution >= 0.6 is 0 Å². The van der Waals surface area contributed by atoms with E-state index >= 15 is 0 Å². The van der Waals surface area contributed by atoms with Gasteiger partial charge < -0.3 is 5.73 Å². The van der Waals surface area contributed by atoms with Crippen molar-refractivity contribution in [3.63, 3.8) is 0 Å². The highest BCUT2D eigenvalue weighted by molar-refractivity contribution is 5.34. The lowest BCUT2D eigenvalue weighted by molar-refractivity contribution is 0.706. The molecule has 0 aliphatic carbocycles. The lowest BCUT2D eigenvalue weighted by atomic mass is 9.96. The normalized spacial score (nSPS) is 12.7. The van der Waals surface area contributed by atoms with E-state index in [0.29, 0.717) is 0 Å². The van der Waals surface area contributed by atoms with Gasteiger partial charge in [-0.1, -0.05) is 18.2 Å². The van der Waals surface area contributed by atoms with E-state index in [9.17, 15) is 0 Å². The van der Waals surface area contributed by atoms with E-state index in [1.165, 1.54) is 27.9 Å². The monoisotopic (exact) mass is 257 g/mol. The summed E-state index contributed by atoms with van der Waals surface area (Å²) < 4.78 is 1.93. The molecular weight excluding hydrogens is 234 g/mol. The van der Waals surface area contributed by atoms with Crippen LogP contribution in [0.4, 0.5) is 0 Å². The topological polar surface area (TPSA) is 43.8 Å². The van der Waals surface area contributed by atoms with E-state index in [-0.39, 0.29) is 6.04 Å². The fourth-order valence-electron chi connectivity index (χ4n) is 2.45. The molecule has 3 heteroatoms. The molecule has 102 valence electrons. The van der Waals surface area contributed by atoms with Gasteiger partial charge in [0.25, 0.3) is 0 Å². The molecule has 3 nitrogen and oxygen atoms in total. The molecule has 0 spiro atoms. The Morgan fingerprint density at radius 2 is 1.84 bits per heavy atom. The summed E-state index contributed by atoms with van der Waals surface area (Å²) in [6.45, 7) is 8.41. The Kier molecular flexibility index (Phi) is 3.76. The Bertz CT molecular complexity index is 596. The van der Waals surface area contributed by atoms with Gasteiger partial charge in [0.1, 0.15) is 0 Å². The van der Waals surface area contributed by atoms with E-state index in [1.807, 2.05) is 11.7 Å². The van der Waals surface area contributed by atoms with Crippen LogP contribution in [0.3, 0.4) is 0 Å². The molecule has 1 atom stereocenters. The standard InChI is InChI=1S/C16H23N3/c1-10-6-7-14(8-11(10)2)16(17)9-15-12(3)18-19(5)13(15)4/h6-8,16H,9,17H2,1-5H3. The maximum Gasteiger partial charge on any atom is 0.0629 e. The van der Waals surface area contributed by atoms with Crippen molar-refractivity contribution in [2.24, 2.45) is 12.8 Å². The number of hydrogen-bond acceptors (Lipinski definition) is 2. The molecule has 0 bridgehead atoms. The zero-order valence-electron chi connectivity index (χ0n) is 12.5. The highest BCUT2D eigenvalue weighted by Gasteiger charge is 2.14. The first-order valence-corrected chi connectivity index (χ1v) is 6.72. The predicted molar refractivity (Wildman–Crippen MR) is 79.2 cm³/mol. The molecule has 0 saturated carbocycles. The minimum absolute atomic E-state index is 0.0286. The molecule has 2 aromatic rings. The van der Waals surface area contributed by atoms with Crippen LogP contribution in [0.25, 0.3) is 0 Å². The maximum atomic E-state index is 6.36. The van der Waals surface area contributed by atoms with Gasteiger partial charge in [-0.25, -0.2) is 0 Å². The summed E-state index contributed by atoms with van der Waals surface area (Å²) in [5.74, 6) is 0. The Morgan fingerprint density at radius 3 is 2.37 bits per heavy atom. The van der Waals surface area contributed by atoms with Crippen molar-refractivity contribution in [1.29, 1.82) is 0 Å². The van der Waals surface area contributed by atoms with Crippen molar-refractivity contribution in [3.8, 4) is 0 Å². The van der Waals surface area contributed by atoms with E-state index in [1.54, 1.807) is 0 Å². The minimum atomic E-state index is 0.0286. The van der Waals surface area contributed by atoms with E-state index < -0.39 is 0 Å². The van der Waals surface area contributed by atoms with Gasteiger partial charge in [0.2, 0.25) is 0 Å². The molecule has 1 aromatic heterocycles. The molecule has 19 heavy (non-hydrogen) atoms. The summed E-state index contributed by atoms with van der Waals surface area (Å²) in [6, 6.07) is 6.50. The summed E-state index contributed by atoms with van der Waals surface area (Å²) in [7, 11) is 1.98. The van der Waals surface area contributed by atoms with Gasteiger partial charge in [0, 0.05) is 18.8 Å². The number of hydrogen-bond donors (Lipinski definition) is 1. The van der Waals surface area contributed by atoms with Crippen LogP contribution in [-0.4, -0.2) is 9.78 Å². The lowest BCUT2D eigenvalue weighted by Gasteiger charge is -2.14. The van der Waals surface area contributed by atoms with Gasteiger partial charge in [0.15, 0.2) is 0 Å². The van der Waals surface area contributed by atoms with Crippen molar-refractivity contribution in [2.75, 3.05) is 0 Å². The number of nitrogens with zero attached hydrogens (tertiary/aromatic N) is 2. The van der Waals surface area contributed by atoms with Crippen LogP contribution in [0.5, 0.6) is 0 Å². The summed E-state index contributed by atoms with van der Waals surface area (Å²) in [5, 5.41) is 4.45. The molecule has 0 saturated heterocycles. The van der Waals surface area contributed by atoms with Crippen molar-refractivity contribution >= 4 is 0 Å². The second-order valence-electron chi connectivity index (χ2n) is 5.43. The quantitative estimate of drug-likeness (QED) is 0.918. The SMILES string of the molecule is Cc1ccc(C(N)Cc2c(C)nn(C)c2C)cc1C. The van der Waals surface area contributed by atoms with E-state index in [0.717, 1.165) is 12.1 Å².